The molecule has 1 saturated carbocycles. The molecule has 3 unspecified atom stereocenters. The van der Waals surface area contributed by atoms with Gasteiger partial charge in [0, 0.05) is 47.4 Å². The molecule has 2 N–H and O–H groups in total. The van der Waals surface area contributed by atoms with Crippen LogP contribution in [0.2, 0.25) is 0 Å². The van der Waals surface area contributed by atoms with Crippen LogP contribution in [0.5, 0.6) is 0 Å². The standard InChI is InChI=1S/C17H29N3O2S.HI/c1-3-18-17(19-11-10-15-8-6-12-22-15)20-14-7-5-9-16(13-14)23(21)4-2;/h6,8,12,14,16H,3-5,7,9-11,13H2,1-2H3,(H2,18,19,20);1H. The van der Waals surface area contributed by atoms with Gasteiger partial charge in [-0.25, -0.2) is 0 Å². The highest BCUT2D eigenvalue weighted by molar-refractivity contribution is 14.0. The highest BCUT2D eigenvalue weighted by atomic mass is 127. The third-order valence-electron chi connectivity index (χ3n) is 4.18. The minimum absolute atomic E-state index is 0. The summed E-state index contributed by atoms with van der Waals surface area (Å²) in [5.41, 5.74) is 0. The molecule has 7 heteroatoms. The smallest absolute Gasteiger partial charge is 0.191 e. The van der Waals surface area contributed by atoms with Gasteiger partial charge in [-0.15, -0.1) is 24.0 Å². The summed E-state index contributed by atoms with van der Waals surface area (Å²) in [6.45, 7) is 5.61. The maximum absolute atomic E-state index is 12.1. The van der Waals surface area contributed by atoms with Crippen molar-refractivity contribution in [1.82, 2.24) is 10.6 Å². The van der Waals surface area contributed by atoms with E-state index in [1.807, 2.05) is 19.1 Å². The van der Waals surface area contributed by atoms with E-state index in [2.05, 4.69) is 22.5 Å². The predicted molar refractivity (Wildman–Crippen MR) is 112 cm³/mol. The normalized spacial score (nSPS) is 22.5. The number of hydrogen-bond acceptors (Lipinski definition) is 3. The highest BCUT2D eigenvalue weighted by Gasteiger charge is 2.25. The van der Waals surface area contributed by atoms with Crippen molar-refractivity contribution in [1.29, 1.82) is 0 Å². The van der Waals surface area contributed by atoms with Crippen molar-refractivity contribution in [3.05, 3.63) is 24.2 Å². The van der Waals surface area contributed by atoms with E-state index in [-0.39, 0.29) is 24.0 Å². The van der Waals surface area contributed by atoms with Gasteiger partial charge in [0.15, 0.2) is 5.96 Å². The largest absolute Gasteiger partial charge is 0.469 e. The fourth-order valence-corrected chi connectivity index (χ4v) is 4.34. The van der Waals surface area contributed by atoms with Gasteiger partial charge in [-0.3, -0.25) is 9.20 Å². The van der Waals surface area contributed by atoms with Crippen LogP contribution in [0, 0.1) is 0 Å². The van der Waals surface area contributed by atoms with Gasteiger partial charge in [0.2, 0.25) is 0 Å². The topological polar surface area (TPSA) is 66.6 Å². The van der Waals surface area contributed by atoms with Gasteiger partial charge >= 0.3 is 0 Å². The van der Waals surface area contributed by atoms with Crippen LogP contribution in [0.4, 0.5) is 0 Å². The van der Waals surface area contributed by atoms with Crippen molar-refractivity contribution in [3.63, 3.8) is 0 Å². The van der Waals surface area contributed by atoms with E-state index in [1.54, 1.807) is 6.26 Å². The third kappa shape index (κ3) is 7.13. The van der Waals surface area contributed by atoms with Crippen LogP contribution in [0.1, 0.15) is 45.3 Å². The van der Waals surface area contributed by atoms with Crippen LogP contribution in [-0.2, 0) is 17.2 Å². The van der Waals surface area contributed by atoms with E-state index in [0.29, 0.717) is 17.8 Å². The maximum Gasteiger partial charge on any atom is 0.191 e. The zero-order chi connectivity index (χ0) is 16.5. The molecule has 1 aliphatic carbocycles. The van der Waals surface area contributed by atoms with Gasteiger partial charge in [0.1, 0.15) is 5.76 Å². The Morgan fingerprint density at radius 1 is 1.42 bits per heavy atom. The van der Waals surface area contributed by atoms with Gasteiger partial charge in [0.05, 0.1) is 6.26 Å². The molecule has 0 bridgehead atoms. The first-order valence-corrected chi connectivity index (χ1v) is 10.1. The molecule has 1 aromatic heterocycles. The minimum atomic E-state index is -0.691. The van der Waals surface area contributed by atoms with Crippen LogP contribution >= 0.6 is 24.0 Å². The molecule has 5 nitrogen and oxygen atoms in total. The summed E-state index contributed by atoms with van der Waals surface area (Å²) < 4.78 is 17.4. The minimum Gasteiger partial charge on any atom is -0.469 e. The molecule has 2 rings (SSSR count). The number of rotatable bonds is 7. The Bertz CT molecular complexity index is 508. The van der Waals surface area contributed by atoms with Crippen molar-refractivity contribution in [2.45, 2.75) is 57.2 Å². The van der Waals surface area contributed by atoms with Gasteiger partial charge in [0.25, 0.3) is 0 Å². The summed E-state index contributed by atoms with van der Waals surface area (Å²) in [6, 6.07) is 4.24. The molecule has 1 fully saturated rings. The third-order valence-corrected chi connectivity index (χ3v) is 5.92. The molecular formula is C17H30IN3O2S. The Balaban J connectivity index is 0.00000288. The van der Waals surface area contributed by atoms with E-state index in [9.17, 15) is 4.21 Å². The summed E-state index contributed by atoms with van der Waals surface area (Å²) in [5.74, 6) is 2.57. The van der Waals surface area contributed by atoms with E-state index >= 15 is 0 Å². The lowest BCUT2D eigenvalue weighted by molar-refractivity contribution is 0.413. The predicted octanol–water partition coefficient (Wildman–Crippen LogP) is 3.08. The van der Waals surface area contributed by atoms with Crippen LogP contribution < -0.4 is 10.6 Å². The SMILES string of the molecule is CCNC(=NCCc1ccco1)NC1CCCC(S(=O)CC)C1.I. The number of furan rings is 1. The lowest BCUT2D eigenvalue weighted by atomic mass is 9.95. The summed E-state index contributed by atoms with van der Waals surface area (Å²) in [5, 5.41) is 7.15. The van der Waals surface area contributed by atoms with Crippen LogP contribution in [0.25, 0.3) is 0 Å². The number of guanidine groups is 1. The molecule has 0 aromatic carbocycles. The molecule has 0 aliphatic heterocycles. The molecule has 0 saturated heterocycles. The molecular weight excluding hydrogens is 437 g/mol. The lowest BCUT2D eigenvalue weighted by Gasteiger charge is -2.30. The number of nitrogens with zero attached hydrogens (tertiary/aromatic N) is 1. The number of nitrogens with one attached hydrogen (secondary N) is 2. The zero-order valence-electron chi connectivity index (χ0n) is 14.6. The van der Waals surface area contributed by atoms with Crippen molar-refractivity contribution in [3.8, 4) is 0 Å². The van der Waals surface area contributed by atoms with Gasteiger partial charge in [-0.2, -0.15) is 0 Å². The Morgan fingerprint density at radius 3 is 2.92 bits per heavy atom. The van der Waals surface area contributed by atoms with Gasteiger partial charge < -0.3 is 15.1 Å². The molecule has 1 heterocycles. The quantitative estimate of drug-likeness (QED) is 0.368. The maximum atomic E-state index is 12.1. The summed E-state index contributed by atoms with van der Waals surface area (Å²) in [7, 11) is -0.691. The zero-order valence-corrected chi connectivity index (χ0v) is 17.8. The summed E-state index contributed by atoms with van der Waals surface area (Å²) >= 11 is 0. The Morgan fingerprint density at radius 2 is 2.25 bits per heavy atom. The Hall–Kier alpha value is -0.570. The van der Waals surface area contributed by atoms with Crippen LogP contribution in [-0.4, -0.2) is 40.3 Å². The van der Waals surface area contributed by atoms with E-state index in [1.165, 1.54) is 0 Å². The molecule has 138 valence electrons. The number of aliphatic imine (C=N–C) groups is 1. The highest BCUT2D eigenvalue weighted by Crippen LogP contribution is 2.22. The van der Waals surface area contributed by atoms with Crippen LogP contribution in [0.15, 0.2) is 27.8 Å². The summed E-state index contributed by atoms with van der Waals surface area (Å²) in [6.07, 6.45) is 6.82. The van der Waals surface area contributed by atoms with Gasteiger partial charge in [-0.1, -0.05) is 13.3 Å². The van der Waals surface area contributed by atoms with E-state index in [4.69, 9.17) is 4.42 Å². The first kappa shape index (κ1) is 21.5. The van der Waals surface area contributed by atoms with Crippen molar-refractivity contribution >= 4 is 40.7 Å². The molecule has 1 aliphatic rings. The molecule has 0 amide bonds. The second kappa shape index (κ2) is 11.9. The Kier molecular flexibility index (Phi) is 10.6. The second-order valence-electron chi connectivity index (χ2n) is 5.89. The van der Waals surface area contributed by atoms with Gasteiger partial charge in [-0.05, 0) is 38.3 Å². The first-order chi connectivity index (χ1) is 11.2. The van der Waals surface area contributed by atoms with Crippen molar-refractivity contribution in [2.24, 2.45) is 4.99 Å². The second-order valence-corrected chi connectivity index (χ2v) is 7.89. The fraction of sp³-hybridized carbons (Fsp3) is 0.706. The van der Waals surface area contributed by atoms with E-state index < -0.39 is 10.8 Å². The first-order valence-electron chi connectivity index (χ1n) is 8.67. The van der Waals surface area contributed by atoms with Crippen molar-refractivity contribution < 1.29 is 8.63 Å². The molecule has 0 spiro atoms. The number of halogens is 1. The lowest BCUT2D eigenvalue weighted by Crippen LogP contribution is -2.46. The molecule has 1 aromatic rings. The number of hydrogen-bond donors (Lipinski definition) is 2. The van der Waals surface area contributed by atoms with E-state index in [0.717, 1.165) is 56.1 Å². The average Bonchev–Trinajstić information content (AvgIpc) is 3.08. The molecule has 24 heavy (non-hydrogen) atoms. The fourth-order valence-electron chi connectivity index (χ4n) is 3.00. The molecule has 0 radical (unpaired) electrons. The Labute approximate surface area is 164 Å². The van der Waals surface area contributed by atoms with Crippen molar-refractivity contribution in [2.75, 3.05) is 18.8 Å². The average molecular weight is 467 g/mol. The summed E-state index contributed by atoms with van der Waals surface area (Å²) in [4.78, 5) is 4.63. The molecule has 3 atom stereocenters. The monoisotopic (exact) mass is 467 g/mol. The van der Waals surface area contributed by atoms with Crippen LogP contribution in [0.3, 0.4) is 0 Å².